The molecule has 4 heteroatoms. The summed E-state index contributed by atoms with van der Waals surface area (Å²) < 4.78 is 5.32. The number of aryl methyl sites for hydroxylation is 1. The zero-order valence-electron chi connectivity index (χ0n) is 9.93. The van der Waals surface area contributed by atoms with Crippen LogP contribution in [-0.2, 0) is 12.2 Å². The molecular weight excluding hydrogens is 250 g/mol. The van der Waals surface area contributed by atoms with E-state index in [0.29, 0.717) is 5.75 Å². The lowest BCUT2D eigenvalue weighted by molar-refractivity contribution is 0.410. The normalized spacial score (nSPS) is 10.5. The van der Waals surface area contributed by atoms with Crippen molar-refractivity contribution < 1.29 is 4.74 Å². The van der Waals surface area contributed by atoms with E-state index >= 15 is 0 Å². The molecule has 2 aromatic rings. The Morgan fingerprint density at radius 3 is 2.82 bits per heavy atom. The van der Waals surface area contributed by atoms with Crippen LogP contribution in [0.25, 0.3) is 11.3 Å². The number of aromatic nitrogens is 1. The number of hydrogen-bond donors (Lipinski definition) is 1. The fourth-order valence-corrected chi connectivity index (χ4v) is 2.69. The summed E-state index contributed by atoms with van der Waals surface area (Å²) in [5.74, 6) is 1.64. The van der Waals surface area contributed by atoms with Crippen molar-refractivity contribution in [2.75, 3.05) is 7.11 Å². The van der Waals surface area contributed by atoms with Crippen molar-refractivity contribution >= 4 is 24.0 Å². The number of methoxy groups -OCH3 is 1. The van der Waals surface area contributed by atoms with E-state index < -0.39 is 0 Å². The molecule has 0 aliphatic carbocycles. The van der Waals surface area contributed by atoms with Crippen LogP contribution in [0.3, 0.4) is 0 Å². The monoisotopic (exact) mass is 265 g/mol. The van der Waals surface area contributed by atoms with E-state index in [1.165, 1.54) is 5.56 Å². The summed E-state index contributed by atoms with van der Waals surface area (Å²) in [5.41, 5.74) is 3.38. The van der Waals surface area contributed by atoms with Gasteiger partial charge in [0, 0.05) is 16.7 Å². The molecule has 0 N–H and O–H groups in total. The molecule has 0 saturated heterocycles. The molecule has 0 amide bonds. The Labute approximate surface area is 111 Å². The Kier molecular flexibility index (Phi) is 4.07. The molecule has 0 aliphatic heterocycles. The fourth-order valence-electron chi connectivity index (χ4n) is 1.73. The van der Waals surface area contributed by atoms with Gasteiger partial charge in [0.2, 0.25) is 0 Å². The first-order chi connectivity index (χ1) is 8.28. The molecule has 0 saturated carbocycles. The Morgan fingerprint density at radius 1 is 1.41 bits per heavy atom. The molecule has 1 heterocycles. The van der Waals surface area contributed by atoms with Crippen LogP contribution in [0.2, 0.25) is 0 Å². The summed E-state index contributed by atoms with van der Waals surface area (Å²) in [6.07, 6.45) is 0.959. The van der Waals surface area contributed by atoms with Crippen LogP contribution < -0.4 is 4.74 Å². The van der Waals surface area contributed by atoms with Gasteiger partial charge in [-0.1, -0.05) is 6.92 Å². The van der Waals surface area contributed by atoms with Gasteiger partial charge in [-0.15, -0.1) is 11.3 Å². The van der Waals surface area contributed by atoms with Crippen molar-refractivity contribution in [1.29, 1.82) is 0 Å². The molecule has 0 spiro atoms. The van der Waals surface area contributed by atoms with Gasteiger partial charge in [-0.3, -0.25) is 0 Å². The average Bonchev–Trinajstić information content (AvgIpc) is 2.86. The molecule has 17 heavy (non-hydrogen) atoms. The minimum atomic E-state index is 0.696. The lowest BCUT2D eigenvalue weighted by atomic mass is 10.1. The van der Waals surface area contributed by atoms with Crippen molar-refractivity contribution in [2.45, 2.75) is 19.1 Å². The molecular formula is C13H15NOS2. The van der Waals surface area contributed by atoms with Crippen LogP contribution in [-0.4, -0.2) is 12.1 Å². The molecule has 2 rings (SSSR count). The lowest BCUT2D eigenvalue weighted by Crippen LogP contribution is -1.91. The van der Waals surface area contributed by atoms with E-state index in [0.717, 1.165) is 28.4 Å². The smallest absolute Gasteiger partial charge is 0.122 e. The number of thiol groups is 1. The second-order valence-electron chi connectivity index (χ2n) is 3.66. The molecule has 0 radical (unpaired) electrons. The minimum Gasteiger partial charge on any atom is -0.496 e. The van der Waals surface area contributed by atoms with Crippen molar-refractivity contribution in [3.63, 3.8) is 0 Å². The Bertz CT molecular complexity index is 508. The van der Waals surface area contributed by atoms with Crippen LogP contribution >= 0.6 is 24.0 Å². The van der Waals surface area contributed by atoms with E-state index in [2.05, 4.69) is 42.0 Å². The zero-order chi connectivity index (χ0) is 12.3. The van der Waals surface area contributed by atoms with Gasteiger partial charge in [0.1, 0.15) is 10.8 Å². The molecule has 0 bridgehead atoms. The predicted octanol–water partition coefficient (Wildman–Crippen LogP) is 3.81. The second kappa shape index (κ2) is 5.56. The van der Waals surface area contributed by atoms with Crippen molar-refractivity contribution in [3.05, 3.63) is 34.2 Å². The van der Waals surface area contributed by atoms with E-state index in [1.807, 2.05) is 6.07 Å². The first-order valence-corrected chi connectivity index (χ1v) is 7.02. The minimum absolute atomic E-state index is 0.696. The number of benzene rings is 1. The topological polar surface area (TPSA) is 22.1 Å². The highest BCUT2D eigenvalue weighted by Gasteiger charge is 2.07. The standard InChI is InChI=1S/C13H15NOS2/c1-3-9-6-10(4-5-12(9)15-2)11-8-17-13(7-16)14-11/h4-6,8,16H,3,7H2,1-2H3. The van der Waals surface area contributed by atoms with Crippen LogP contribution in [0, 0.1) is 0 Å². The molecule has 0 unspecified atom stereocenters. The van der Waals surface area contributed by atoms with E-state index in [9.17, 15) is 0 Å². The van der Waals surface area contributed by atoms with Gasteiger partial charge in [0.25, 0.3) is 0 Å². The Hall–Kier alpha value is -1.00. The predicted molar refractivity (Wildman–Crippen MR) is 76.2 cm³/mol. The Morgan fingerprint density at radius 2 is 2.24 bits per heavy atom. The molecule has 0 fully saturated rings. The third-order valence-electron chi connectivity index (χ3n) is 2.64. The highest BCUT2D eigenvalue weighted by molar-refractivity contribution is 7.79. The first-order valence-electron chi connectivity index (χ1n) is 5.51. The SMILES string of the molecule is CCc1cc(-c2csc(CS)n2)ccc1OC. The maximum atomic E-state index is 5.32. The van der Waals surface area contributed by atoms with Gasteiger partial charge in [-0.25, -0.2) is 4.98 Å². The molecule has 1 aromatic heterocycles. The van der Waals surface area contributed by atoms with E-state index in [4.69, 9.17) is 4.74 Å². The van der Waals surface area contributed by atoms with Gasteiger partial charge in [-0.2, -0.15) is 12.6 Å². The van der Waals surface area contributed by atoms with E-state index in [1.54, 1.807) is 18.4 Å². The lowest BCUT2D eigenvalue weighted by Gasteiger charge is -2.07. The largest absolute Gasteiger partial charge is 0.496 e. The van der Waals surface area contributed by atoms with Crippen LogP contribution in [0.4, 0.5) is 0 Å². The summed E-state index contributed by atoms with van der Waals surface area (Å²) in [6.45, 7) is 2.13. The maximum absolute atomic E-state index is 5.32. The van der Waals surface area contributed by atoms with Crippen molar-refractivity contribution in [3.8, 4) is 17.0 Å². The summed E-state index contributed by atoms with van der Waals surface area (Å²) in [4.78, 5) is 4.53. The van der Waals surface area contributed by atoms with Crippen molar-refractivity contribution in [2.24, 2.45) is 0 Å². The third-order valence-corrected chi connectivity index (χ3v) is 4.01. The van der Waals surface area contributed by atoms with Crippen LogP contribution in [0.5, 0.6) is 5.75 Å². The third kappa shape index (κ3) is 2.64. The van der Waals surface area contributed by atoms with Gasteiger partial charge < -0.3 is 4.74 Å². The number of thiazole rings is 1. The summed E-state index contributed by atoms with van der Waals surface area (Å²) in [5, 5.41) is 3.13. The zero-order valence-corrected chi connectivity index (χ0v) is 11.6. The molecule has 2 nitrogen and oxygen atoms in total. The average molecular weight is 265 g/mol. The van der Waals surface area contributed by atoms with Gasteiger partial charge >= 0.3 is 0 Å². The highest BCUT2D eigenvalue weighted by atomic mass is 32.1. The second-order valence-corrected chi connectivity index (χ2v) is 4.92. The number of rotatable bonds is 4. The van der Waals surface area contributed by atoms with Gasteiger partial charge in [-0.05, 0) is 30.2 Å². The maximum Gasteiger partial charge on any atom is 0.122 e. The number of ether oxygens (including phenoxy) is 1. The fraction of sp³-hybridized carbons (Fsp3) is 0.308. The Balaban J connectivity index is 2.38. The molecule has 0 atom stereocenters. The number of nitrogens with zero attached hydrogens (tertiary/aromatic N) is 1. The quantitative estimate of drug-likeness (QED) is 0.849. The molecule has 90 valence electrons. The summed E-state index contributed by atoms with van der Waals surface area (Å²) in [7, 11) is 1.70. The summed E-state index contributed by atoms with van der Waals surface area (Å²) >= 11 is 5.88. The highest BCUT2D eigenvalue weighted by Crippen LogP contribution is 2.28. The molecule has 0 aliphatic rings. The van der Waals surface area contributed by atoms with Crippen LogP contribution in [0.1, 0.15) is 17.5 Å². The first kappa shape index (κ1) is 12.5. The van der Waals surface area contributed by atoms with Gasteiger partial charge in [0.05, 0.1) is 12.8 Å². The van der Waals surface area contributed by atoms with Gasteiger partial charge in [0.15, 0.2) is 0 Å². The number of hydrogen-bond acceptors (Lipinski definition) is 4. The molecule has 1 aromatic carbocycles. The van der Waals surface area contributed by atoms with Crippen molar-refractivity contribution in [1.82, 2.24) is 4.98 Å². The summed E-state index contributed by atoms with van der Waals surface area (Å²) in [6, 6.07) is 6.21. The van der Waals surface area contributed by atoms with E-state index in [-0.39, 0.29) is 0 Å². The van der Waals surface area contributed by atoms with Crippen LogP contribution in [0.15, 0.2) is 23.6 Å².